The lowest BCUT2D eigenvalue weighted by Gasteiger charge is -2.27. The molecule has 0 aliphatic carbocycles. The first kappa shape index (κ1) is 85.9. The quantitative estimate of drug-likeness (QED) is 0.0289. The smallest absolute Gasteiger partial charge is 0.394 e. The monoisotopic (exact) mass is 1580 g/mol. The van der Waals surface area contributed by atoms with Crippen molar-refractivity contribution >= 4 is 46.9 Å². The molecule has 0 aromatic carbocycles. The molecule has 0 radical (unpaired) electrons. The van der Waals surface area contributed by atoms with Gasteiger partial charge in [-0.1, -0.05) is 23.7 Å². The van der Waals surface area contributed by atoms with Crippen molar-refractivity contribution in [1.29, 1.82) is 0 Å². The van der Waals surface area contributed by atoms with Crippen LogP contribution in [0.3, 0.4) is 0 Å². The Morgan fingerprint density at radius 1 is 0.451 bits per heavy atom. The van der Waals surface area contributed by atoms with E-state index in [2.05, 4.69) is 55.9 Å². The molecule has 4 fully saturated rings. The third-order valence-electron chi connectivity index (χ3n) is 13.6. The molecule has 20 atom stereocenters. The first-order chi connectivity index (χ1) is 46.9. The van der Waals surface area contributed by atoms with Gasteiger partial charge in [0.05, 0.1) is 26.4 Å². The second-order valence-corrected chi connectivity index (χ2v) is 29.5. The average molecular weight is 1580 g/mol. The highest BCUT2D eigenvalue weighted by atomic mass is 31.3. The lowest BCUT2D eigenvalue weighted by Crippen LogP contribution is -2.55. The first-order valence-electron chi connectivity index (χ1n) is 27.1. The highest BCUT2D eigenvalue weighted by Crippen LogP contribution is 2.67. The lowest BCUT2D eigenvalue weighted by atomic mass is 9.92. The van der Waals surface area contributed by atoms with Crippen LogP contribution in [0.25, 0.3) is 0 Å². The van der Waals surface area contributed by atoms with Gasteiger partial charge in [0.25, 0.3) is 22.2 Å². The van der Waals surface area contributed by atoms with Crippen molar-refractivity contribution in [3.63, 3.8) is 0 Å². The minimum absolute atomic E-state index is 0.504. The van der Waals surface area contributed by atoms with Gasteiger partial charge in [0, 0.05) is 49.1 Å². The van der Waals surface area contributed by atoms with Gasteiger partial charge in [-0.15, -0.1) is 24.7 Å². The molecule has 56 heteroatoms. The molecule has 4 aromatic heterocycles. The van der Waals surface area contributed by atoms with Gasteiger partial charge in [0.1, 0.15) is 48.8 Å². The number of hydrogen-bond acceptors (Lipinski definition) is 34. The van der Waals surface area contributed by atoms with Crippen molar-refractivity contribution in [2.75, 3.05) is 26.4 Å². The van der Waals surface area contributed by atoms with Gasteiger partial charge in [-0.05, 0) is 13.8 Å². The third-order valence-corrected chi connectivity index (χ3v) is 21.2. The summed E-state index contributed by atoms with van der Waals surface area (Å²) in [5, 5.41) is 80.2. The van der Waals surface area contributed by atoms with Crippen molar-refractivity contribution in [3.05, 3.63) is 132 Å². The number of nitrogens with two attached hydrogens (primary N) is 2. The molecule has 24 N–H and O–H groups in total. The molecule has 102 heavy (non-hydrogen) atoms. The molecule has 50 nitrogen and oxygen atoms in total. The second-order valence-electron chi connectivity index (χ2n) is 20.7. The van der Waals surface area contributed by atoms with Gasteiger partial charge in [0.15, 0.2) is 47.2 Å². The summed E-state index contributed by atoms with van der Waals surface area (Å²) >= 11 is 0. The standard InChI is InChI=1S/C12H17N2O15P3.C12H14N2O6.C11H16N3O14P3.C11H13N3O5/c1-2-4-12(18)9(16)7(27-10(12)14-5-3-8(15)13-11(14)17)6-26-31(22,23)29-32(24,25)28-30(19,20)21;1-2-4-12(19)9(17)7(6-15)20-10(12)14-5-3-8(16)13-11(14)18;1-2-11(12)8(16)6(26-9(11)14-4-3-7(15)13-10(14)17)5-25-30(21,22)28-31(23,24)27-29(18,19)20;1-2-11(12)8(17)6(5-15)19-9(11)14-4-3-7(16)13-10(14)18/h3,5,7,9-10,16,18H,6H2,1H3,(H,22,23)(H,24,25)(H,13,15,17)(H2,19,20,21);3,5,7,9-10,15,17,19H,6H2,1H3,(H,13,16,18);1,3-4,6,8-9,16H,5,12H2,(H,21,22)(H,23,24)(H,13,15,17)(H2,18,19,20);1,3-4,6,8-9,15,17H,5,12H2,(H,13,16,18)/t2*7-,9-,10-,12-;2*6-,8-,9-,11-/m1111/s1. The number of terminal acetylenes is 2. The number of rotatable bonds is 20. The summed E-state index contributed by atoms with van der Waals surface area (Å²) in [6.07, 6.45) is -3.16. The number of aromatic amines is 4. The molecule has 0 bridgehead atoms. The van der Waals surface area contributed by atoms with Gasteiger partial charge in [-0.2, -0.15) is 17.2 Å². The number of ether oxygens (including phenoxy) is 4. The van der Waals surface area contributed by atoms with E-state index >= 15 is 0 Å². The van der Waals surface area contributed by atoms with Gasteiger partial charge >= 0.3 is 69.7 Å². The molecule has 4 unspecified atom stereocenters. The Bertz CT molecular complexity index is 4780. The minimum atomic E-state index is -5.77. The fourth-order valence-electron chi connectivity index (χ4n) is 9.23. The number of phosphoric acid groups is 6. The summed E-state index contributed by atoms with van der Waals surface area (Å²) in [6, 6.07) is 3.99. The van der Waals surface area contributed by atoms with Crippen molar-refractivity contribution < 1.29 is 153 Å². The zero-order chi connectivity index (χ0) is 77.5. The van der Waals surface area contributed by atoms with Gasteiger partial charge < -0.3 is 110 Å². The Morgan fingerprint density at radius 2 is 0.706 bits per heavy atom. The average Bonchev–Trinajstić information content (AvgIpc) is 1.63. The normalized spacial score (nSPS) is 31.2. The molecule has 4 aliphatic rings. The molecule has 4 aliphatic heterocycles. The number of hydrogen-bond donors (Lipinski definition) is 22. The van der Waals surface area contributed by atoms with Crippen LogP contribution in [0.2, 0.25) is 0 Å². The highest BCUT2D eigenvalue weighted by molar-refractivity contribution is 7.67. The van der Waals surface area contributed by atoms with Gasteiger partial charge in [0.2, 0.25) is 0 Å². The van der Waals surface area contributed by atoms with Crippen molar-refractivity contribution in [2.24, 2.45) is 11.5 Å². The van der Waals surface area contributed by atoms with Gasteiger partial charge in [-0.3, -0.25) is 66.4 Å². The Hall–Kier alpha value is -6.78. The number of aromatic nitrogens is 8. The van der Waals surface area contributed by atoms with E-state index in [0.717, 1.165) is 62.8 Å². The molecule has 8 rings (SSSR count). The SMILES string of the molecule is C#C[C@@]1(N)[C@H](O)[C@@H](CO)O[C@H]1n1ccc(=O)[nH]c1=O.C#C[C@@]1(N)[C@H](O)[C@@H](COP(=O)(O)OP(=O)(O)OP(=O)(O)O)O[C@H]1n1ccc(=O)[nH]c1=O.CC#C[C@@]1(O)[C@H](O)[C@@H](CO)O[C@H]1n1ccc(=O)[nH]c1=O.CC#C[C@@]1(O)[C@H](O)[C@@H](COP(=O)(O)OP(=O)(O)OP(=O)(O)O)O[C@H]1n1ccc(=O)[nH]c1=O. The maximum Gasteiger partial charge on any atom is 0.490 e. The molecular weight excluding hydrogens is 1520 g/mol. The van der Waals surface area contributed by atoms with E-state index in [-0.39, 0.29) is 0 Å². The number of H-pyrrole nitrogens is 4. The number of aliphatic hydroxyl groups is 8. The van der Waals surface area contributed by atoms with E-state index in [9.17, 15) is 106 Å². The number of nitrogens with one attached hydrogen (secondary N) is 4. The molecule has 0 saturated carbocycles. The van der Waals surface area contributed by atoms with Crippen molar-refractivity contribution in [2.45, 2.75) is 110 Å². The molecule has 4 saturated heterocycles. The van der Waals surface area contributed by atoms with E-state index in [4.69, 9.17) is 82.8 Å². The summed E-state index contributed by atoms with van der Waals surface area (Å²) in [5.41, 5.74) is -2.92. The van der Waals surface area contributed by atoms with Crippen LogP contribution in [-0.2, 0) is 72.6 Å². The molecule has 4 aromatic rings. The van der Waals surface area contributed by atoms with Crippen LogP contribution in [0.4, 0.5) is 0 Å². The highest BCUT2D eigenvalue weighted by Gasteiger charge is 2.59. The summed E-state index contributed by atoms with van der Waals surface area (Å²) in [6.45, 7) is -0.520. The number of aliphatic hydroxyl groups excluding tert-OH is 6. The molecule has 0 spiro atoms. The van der Waals surface area contributed by atoms with E-state index in [1.807, 2.05) is 25.9 Å². The largest absolute Gasteiger partial charge is 0.490 e. The van der Waals surface area contributed by atoms with E-state index in [1.54, 1.807) is 0 Å². The topological polar surface area (TPSA) is 790 Å². The maximum atomic E-state index is 12.0. The third kappa shape index (κ3) is 20.8. The maximum absolute atomic E-state index is 12.0. The number of nitrogens with zero attached hydrogens (tertiary/aromatic N) is 4. The summed E-state index contributed by atoms with van der Waals surface area (Å²) < 4.78 is 115. The van der Waals surface area contributed by atoms with Crippen LogP contribution in [0.5, 0.6) is 0 Å². The second kappa shape index (κ2) is 33.1. The number of phosphoric ester groups is 2. The summed E-state index contributed by atoms with van der Waals surface area (Å²) in [7, 11) is -33.8. The Morgan fingerprint density at radius 3 is 0.990 bits per heavy atom. The molecule has 8 heterocycles. The van der Waals surface area contributed by atoms with Crippen molar-refractivity contribution in [3.8, 4) is 48.4 Å². The first-order valence-corrected chi connectivity index (χ1v) is 36.2. The van der Waals surface area contributed by atoms with Crippen LogP contribution >= 0.6 is 46.9 Å². The molecule has 564 valence electrons. The van der Waals surface area contributed by atoms with Gasteiger partial charge in [-0.25, -0.2) is 46.6 Å². The van der Waals surface area contributed by atoms with E-state index < -0.39 is 214 Å². The van der Waals surface area contributed by atoms with Crippen molar-refractivity contribution in [1.82, 2.24) is 38.2 Å². The Balaban J connectivity index is 0.000000251. The van der Waals surface area contributed by atoms with Crippen LogP contribution in [0.15, 0.2) is 87.4 Å². The predicted octanol–water partition coefficient (Wildman–Crippen LogP) is -9.98. The predicted molar refractivity (Wildman–Crippen MR) is 327 cm³/mol. The minimum Gasteiger partial charge on any atom is -0.394 e. The fraction of sp³-hybridized carbons (Fsp3) is 0.478. The van der Waals surface area contributed by atoms with Crippen LogP contribution in [-0.4, -0.2) is 216 Å². The lowest BCUT2D eigenvalue weighted by molar-refractivity contribution is -0.0765. The Labute approximate surface area is 564 Å². The summed E-state index contributed by atoms with van der Waals surface area (Å²) in [5.74, 6) is 13.6. The molecule has 0 amide bonds. The van der Waals surface area contributed by atoms with E-state index in [0.29, 0.717) is 4.57 Å². The van der Waals surface area contributed by atoms with E-state index in [1.165, 1.54) is 13.8 Å². The Kier molecular flexibility index (Phi) is 27.9. The molecular formula is C46H60N10O40P6. The summed E-state index contributed by atoms with van der Waals surface area (Å²) in [4.78, 5) is 171. The fourth-order valence-corrected chi connectivity index (χ4v) is 15.3. The zero-order valence-corrected chi connectivity index (χ0v) is 56.5. The zero-order valence-electron chi connectivity index (χ0n) is 51.1. The van der Waals surface area contributed by atoms with Crippen LogP contribution in [0, 0.1) is 48.4 Å². The van der Waals surface area contributed by atoms with Crippen LogP contribution < -0.4 is 56.5 Å². The van der Waals surface area contributed by atoms with Crippen LogP contribution in [0.1, 0.15) is 38.8 Å².